The highest BCUT2D eigenvalue weighted by Crippen LogP contribution is 2.41. The molecule has 1 saturated carbocycles. The van der Waals surface area contributed by atoms with Crippen molar-refractivity contribution in [3.8, 4) is 0 Å². The fourth-order valence-corrected chi connectivity index (χ4v) is 2.27. The lowest BCUT2D eigenvalue weighted by Crippen LogP contribution is -2.24. The van der Waals surface area contributed by atoms with Crippen LogP contribution in [0, 0.1) is 0 Å². The van der Waals surface area contributed by atoms with Gasteiger partial charge in [0.25, 0.3) is 5.91 Å². The summed E-state index contributed by atoms with van der Waals surface area (Å²) < 4.78 is 40.3. The number of fused-ring (bicyclic) bond motifs is 1. The van der Waals surface area contributed by atoms with E-state index in [9.17, 15) is 18.0 Å². The van der Waals surface area contributed by atoms with E-state index in [4.69, 9.17) is 0 Å². The number of hydrogen-bond acceptors (Lipinski definition) is 3. The fraction of sp³-hybridized carbons (Fsp3) is 0.500. The van der Waals surface area contributed by atoms with Crippen LogP contribution in [0.15, 0.2) is 12.3 Å². The zero-order valence-corrected chi connectivity index (χ0v) is 11.9. The standard InChI is InChI=1S/C14H15F3N4O/c1-2-5-18-13(22)9-7-19-21-11(14(15,16)17)6-10(8-3-4-8)20-12(9)21/h6-8H,2-5H2,1H3,(H,18,22). The predicted molar refractivity (Wildman–Crippen MR) is 72.6 cm³/mol. The van der Waals surface area contributed by atoms with Crippen molar-refractivity contribution in [2.24, 2.45) is 0 Å². The molecule has 3 rings (SSSR count). The molecule has 0 atom stereocenters. The normalized spacial score (nSPS) is 15.3. The Morgan fingerprint density at radius 1 is 1.45 bits per heavy atom. The lowest BCUT2D eigenvalue weighted by atomic mass is 10.2. The molecule has 0 aliphatic heterocycles. The van der Waals surface area contributed by atoms with Gasteiger partial charge in [0.1, 0.15) is 11.3 Å². The molecule has 0 bridgehead atoms. The van der Waals surface area contributed by atoms with Gasteiger partial charge in [-0.3, -0.25) is 4.79 Å². The largest absolute Gasteiger partial charge is 0.433 e. The van der Waals surface area contributed by atoms with Crippen molar-refractivity contribution in [3.05, 3.63) is 29.2 Å². The van der Waals surface area contributed by atoms with Gasteiger partial charge in [0, 0.05) is 18.2 Å². The van der Waals surface area contributed by atoms with Gasteiger partial charge in [0.05, 0.1) is 6.20 Å². The maximum Gasteiger partial charge on any atom is 0.433 e. The summed E-state index contributed by atoms with van der Waals surface area (Å²) in [4.78, 5) is 16.3. The molecule has 0 unspecified atom stereocenters. The van der Waals surface area contributed by atoms with Crippen LogP contribution < -0.4 is 5.32 Å². The number of hydrogen-bond donors (Lipinski definition) is 1. The van der Waals surface area contributed by atoms with Crippen molar-refractivity contribution in [1.82, 2.24) is 19.9 Å². The highest BCUT2D eigenvalue weighted by atomic mass is 19.4. The van der Waals surface area contributed by atoms with Crippen LogP contribution in [0.5, 0.6) is 0 Å². The Bertz CT molecular complexity index is 719. The number of nitrogens with one attached hydrogen (secondary N) is 1. The number of nitrogens with zero attached hydrogens (tertiary/aromatic N) is 3. The van der Waals surface area contributed by atoms with Crippen molar-refractivity contribution < 1.29 is 18.0 Å². The molecule has 1 amide bonds. The van der Waals surface area contributed by atoms with Crippen LogP contribution in [0.3, 0.4) is 0 Å². The van der Waals surface area contributed by atoms with Crippen molar-refractivity contribution in [3.63, 3.8) is 0 Å². The lowest BCUT2D eigenvalue weighted by Gasteiger charge is -2.11. The van der Waals surface area contributed by atoms with Gasteiger partial charge in [-0.05, 0) is 25.3 Å². The first kappa shape index (κ1) is 14.8. The Kier molecular flexibility index (Phi) is 3.54. The average Bonchev–Trinajstić information content (AvgIpc) is 3.22. The van der Waals surface area contributed by atoms with Gasteiger partial charge < -0.3 is 5.32 Å². The van der Waals surface area contributed by atoms with E-state index in [0.29, 0.717) is 16.8 Å². The van der Waals surface area contributed by atoms with Gasteiger partial charge in [0.2, 0.25) is 0 Å². The highest BCUT2D eigenvalue weighted by Gasteiger charge is 2.37. The lowest BCUT2D eigenvalue weighted by molar-refractivity contribution is -0.142. The Morgan fingerprint density at radius 3 is 2.77 bits per heavy atom. The molecule has 2 aromatic rings. The van der Waals surface area contributed by atoms with Gasteiger partial charge in [-0.2, -0.15) is 18.3 Å². The molecule has 1 aliphatic carbocycles. The minimum atomic E-state index is -4.55. The summed E-state index contributed by atoms with van der Waals surface area (Å²) in [6.07, 6.45) is -1.02. The molecule has 22 heavy (non-hydrogen) atoms. The molecule has 1 N–H and O–H groups in total. The Hall–Kier alpha value is -2.12. The molecule has 5 nitrogen and oxygen atoms in total. The number of halogens is 3. The molecule has 0 spiro atoms. The van der Waals surface area contributed by atoms with Crippen molar-refractivity contribution in [1.29, 1.82) is 0 Å². The van der Waals surface area contributed by atoms with Crippen molar-refractivity contribution in [2.75, 3.05) is 6.54 Å². The summed E-state index contributed by atoms with van der Waals surface area (Å²) in [5.41, 5.74) is -0.481. The van der Waals surface area contributed by atoms with Crippen LogP contribution in [0.1, 0.15) is 53.8 Å². The summed E-state index contributed by atoms with van der Waals surface area (Å²) in [5, 5.41) is 6.34. The first-order valence-electron chi connectivity index (χ1n) is 7.16. The topological polar surface area (TPSA) is 59.3 Å². The molecular formula is C14H15F3N4O. The summed E-state index contributed by atoms with van der Waals surface area (Å²) in [5.74, 6) is -0.405. The Labute approximate surface area is 124 Å². The SMILES string of the molecule is CCCNC(=O)c1cnn2c(C(F)(F)F)cc(C3CC3)nc12. The molecule has 0 saturated heterocycles. The summed E-state index contributed by atoms with van der Waals surface area (Å²) in [6, 6.07) is 1.03. The van der Waals surface area contributed by atoms with Crippen molar-refractivity contribution in [2.45, 2.75) is 38.3 Å². The molecule has 1 fully saturated rings. The third kappa shape index (κ3) is 2.65. The van der Waals surface area contributed by atoms with E-state index < -0.39 is 17.8 Å². The Balaban J connectivity index is 2.12. The van der Waals surface area contributed by atoms with Crippen LogP contribution in [0.2, 0.25) is 0 Å². The molecule has 118 valence electrons. The minimum absolute atomic E-state index is 0.0367. The number of aromatic nitrogens is 3. The zero-order valence-electron chi connectivity index (χ0n) is 11.9. The van der Waals surface area contributed by atoms with E-state index in [1.807, 2.05) is 6.92 Å². The van der Waals surface area contributed by atoms with E-state index in [0.717, 1.165) is 31.5 Å². The second kappa shape index (κ2) is 5.26. The van der Waals surface area contributed by atoms with Crippen LogP contribution in [-0.4, -0.2) is 27.0 Å². The van der Waals surface area contributed by atoms with Crippen LogP contribution in [0.25, 0.3) is 5.65 Å². The number of carbonyl (C=O) groups is 1. The summed E-state index contributed by atoms with van der Waals surface area (Å²) in [7, 11) is 0. The van der Waals surface area contributed by atoms with Gasteiger partial charge in [-0.25, -0.2) is 9.50 Å². The molecule has 8 heteroatoms. The zero-order chi connectivity index (χ0) is 15.9. The molecule has 0 radical (unpaired) electrons. The monoisotopic (exact) mass is 312 g/mol. The van der Waals surface area contributed by atoms with Gasteiger partial charge in [-0.1, -0.05) is 6.92 Å². The van der Waals surface area contributed by atoms with Crippen LogP contribution in [-0.2, 0) is 6.18 Å². The van der Waals surface area contributed by atoms with E-state index in [-0.39, 0.29) is 17.1 Å². The highest BCUT2D eigenvalue weighted by molar-refractivity contribution is 5.99. The third-order valence-corrected chi connectivity index (χ3v) is 3.56. The van der Waals surface area contributed by atoms with E-state index in [2.05, 4.69) is 15.4 Å². The average molecular weight is 312 g/mol. The maximum absolute atomic E-state index is 13.2. The quantitative estimate of drug-likeness (QED) is 0.944. The molecule has 0 aromatic carbocycles. The molecule has 1 aliphatic rings. The van der Waals surface area contributed by atoms with Crippen LogP contribution in [0.4, 0.5) is 13.2 Å². The minimum Gasteiger partial charge on any atom is -0.352 e. The van der Waals surface area contributed by atoms with Gasteiger partial charge >= 0.3 is 6.18 Å². The molecule has 2 heterocycles. The maximum atomic E-state index is 13.2. The van der Waals surface area contributed by atoms with E-state index >= 15 is 0 Å². The van der Waals surface area contributed by atoms with E-state index in [1.165, 1.54) is 0 Å². The summed E-state index contributed by atoms with van der Waals surface area (Å²) in [6.45, 7) is 2.34. The van der Waals surface area contributed by atoms with E-state index in [1.54, 1.807) is 0 Å². The number of alkyl halides is 3. The first-order chi connectivity index (χ1) is 10.4. The molecule has 2 aromatic heterocycles. The van der Waals surface area contributed by atoms with Gasteiger partial charge in [0.15, 0.2) is 5.65 Å². The number of amides is 1. The Morgan fingerprint density at radius 2 is 2.18 bits per heavy atom. The van der Waals surface area contributed by atoms with Crippen molar-refractivity contribution >= 4 is 11.6 Å². The number of carbonyl (C=O) groups excluding carboxylic acids is 1. The smallest absolute Gasteiger partial charge is 0.352 e. The van der Waals surface area contributed by atoms with Crippen LogP contribution >= 0.6 is 0 Å². The van der Waals surface area contributed by atoms with Gasteiger partial charge in [-0.15, -0.1) is 0 Å². The predicted octanol–water partition coefficient (Wildman–Crippen LogP) is 2.77. The number of rotatable bonds is 4. The first-order valence-corrected chi connectivity index (χ1v) is 7.16. The second-order valence-electron chi connectivity index (χ2n) is 5.39. The third-order valence-electron chi connectivity index (χ3n) is 3.56. The molecular weight excluding hydrogens is 297 g/mol. The fourth-order valence-electron chi connectivity index (χ4n) is 2.27. The second-order valence-corrected chi connectivity index (χ2v) is 5.39. The summed E-state index contributed by atoms with van der Waals surface area (Å²) >= 11 is 0.